The maximum Gasteiger partial charge on any atom is 0.119 e. The van der Waals surface area contributed by atoms with E-state index in [1.165, 1.54) is 12.8 Å². The van der Waals surface area contributed by atoms with Crippen molar-refractivity contribution in [2.24, 2.45) is 5.92 Å². The van der Waals surface area contributed by atoms with Gasteiger partial charge in [0, 0.05) is 0 Å². The highest BCUT2D eigenvalue weighted by atomic mass is 16.5. The minimum Gasteiger partial charge on any atom is -0.493 e. The molecule has 2 heteroatoms. The van der Waals surface area contributed by atoms with Crippen molar-refractivity contribution in [3.8, 4) is 5.75 Å². The summed E-state index contributed by atoms with van der Waals surface area (Å²) in [4.78, 5) is 0. The minimum atomic E-state index is -0.345. The summed E-state index contributed by atoms with van der Waals surface area (Å²) in [5, 5.41) is 9.61. The molecule has 1 aliphatic rings. The van der Waals surface area contributed by atoms with Crippen LogP contribution in [0.15, 0.2) is 24.3 Å². The van der Waals surface area contributed by atoms with Crippen LogP contribution in [0, 0.1) is 5.92 Å². The smallest absolute Gasteiger partial charge is 0.119 e. The number of hydrogen-bond donors (Lipinski definition) is 1. The Morgan fingerprint density at radius 1 is 1.33 bits per heavy atom. The number of benzene rings is 1. The summed E-state index contributed by atoms with van der Waals surface area (Å²) in [7, 11) is 0. The SMILES string of the molecule is CC[C@H](O)c1ccc(OCC2CC2)cc1. The van der Waals surface area contributed by atoms with Gasteiger partial charge in [-0.1, -0.05) is 19.1 Å². The molecule has 1 aromatic rings. The van der Waals surface area contributed by atoms with E-state index in [1.807, 2.05) is 31.2 Å². The number of aliphatic hydroxyl groups excluding tert-OH is 1. The molecule has 0 spiro atoms. The van der Waals surface area contributed by atoms with E-state index in [0.29, 0.717) is 0 Å². The first-order valence-electron chi connectivity index (χ1n) is 5.70. The van der Waals surface area contributed by atoms with Gasteiger partial charge in [-0.25, -0.2) is 0 Å². The summed E-state index contributed by atoms with van der Waals surface area (Å²) >= 11 is 0. The molecule has 1 aliphatic carbocycles. The second-order valence-corrected chi connectivity index (χ2v) is 4.25. The van der Waals surface area contributed by atoms with Crippen molar-refractivity contribution in [3.63, 3.8) is 0 Å². The Morgan fingerprint density at radius 2 is 2.00 bits per heavy atom. The molecule has 1 N–H and O–H groups in total. The predicted molar refractivity (Wildman–Crippen MR) is 59.9 cm³/mol. The number of aliphatic hydroxyl groups is 1. The van der Waals surface area contributed by atoms with E-state index in [-0.39, 0.29) is 6.10 Å². The van der Waals surface area contributed by atoms with Crippen molar-refractivity contribution >= 4 is 0 Å². The average molecular weight is 206 g/mol. The highest BCUT2D eigenvalue weighted by molar-refractivity contribution is 5.28. The van der Waals surface area contributed by atoms with Crippen molar-refractivity contribution < 1.29 is 9.84 Å². The minimum absolute atomic E-state index is 0.345. The Bertz CT molecular complexity index is 301. The largest absolute Gasteiger partial charge is 0.493 e. The number of ether oxygens (including phenoxy) is 1. The maximum atomic E-state index is 9.61. The van der Waals surface area contributed by atoms with Crippen LogP contribution < -0.4 is 4.74 Å². The quantitative estimate of drug-likeness (QED) is 0.802. The Labute approximate surface area is 90.9 Å². The lowest BCUT2D eigenvalue weighted by molar-refractivity contribution is 0.173. The molecule has 0 amide bonds. The third-order valence-corrected chi connectivity index (χ3v) is 2.83. The van der Waals surface area contributed by atoms with E-state index in [2.05, 4.69) is 0 Å². The Morgan fingerprint density at radius 3 is 2.53 bits per heavy atom. The fourth-order valence-electron chi connectivity index (χ4n) is 1.52. The van der Waals surface area contributed by atoms with E-state index in [1.54, 1.807) is 0 Å². The summed E-state index contributed by atoms with van der Waals surface area (Å²) < 4.78 is 5.62. The summed E-state index contributed by atoms with van der Waals surface area (Å²) in [6.07, 6.45) is 3.03. The monoisotopic (exact) mass is 206 g/mol. The van der Waals surface area contributed by atoms with Crippen molar-refractivity contribution in [1.82, 2.24) is 0 Å². The van der Waals surface area contributed by atoms with Gasteiger partial charge in [-0.3, -0.25) is 0 Å². The Hall–Kier alpha value is -1.02. The molecule has 0 aliphatic heterocycles. The van der Waals surface area contributed by atoms with Crippen LogP contribution in [0.1, 0.15) is 37.9 Å². The fourth-order valence-corrected chi connectivity index (χ4v) is 1.52. The van der Waals surface area contributed by atoms with Crippen LogP contribution in [0.4, 0.5) is 0 Å². The first-order chi connectivity index (χ1) is 7.29. The lowest BCUT2D eigenvalue weighted by Gasteiger charge is -2.09. The standard InChI is InChI=1S/C13H18O2/c1-2-13(14)11-5-7-12(8-6-11)15-9-10-3-4-10/h5-8,10,13-14H,2-4,9H2,1H3/t13-/m0/s1. The van der Waals surface area contributed by atoms with Gasteiger partial charge in [0.05, 0.1) is 12.7 Å². The summed E-state index contributed by atoms with van der Waals surface area (Å²) in [5.41, 5.74) is 0.969. The van der Waals surface area contributed by atoms with Crippen LogP contribution >= 0.6 is 0 Å². The molecular formula is C13H18O2. The van der Waals surface area contributed by atoms with E-state index in [9.17, 15) is 5.11 Å². The summed E-state index contributed by atoms with van der Waals surface area (Å²) in [5.74, 6) is 1.69. The molecule has 15 heavy (non-hydrogen) atoms. The second kappa shape index (κ2) is 4.67. The molecule has 0 bridgehead atoms. The van der Waals surface area contributed by atoms with Gasteiger partial charge < -0.3 is 9.84 Å². The van der Waals surface area contributed by atoms with Crippen LogP contribution in [0.25, 0.3) is 0 Å². The van der Waals surface area contributed by atoms with Gasteiger partial charge in [0.25, 0.3) is 0 Å². The van der Waals surface area contributed by atoms with Gasteiger partial charge in [-0.2, -0.15) is 0 Å². The topological polar surface area (TPSA) is 29.5 Å². The van der Waals surface area contributed by atoms with Crippen molar-refractivity contribution in [2.75, 3.05) is 6.61 Å². The van der Waals surface area contributed by atoms with Gasteiger partial charge in [0.1, 0.15) is 5.75 Å². The third-order valence-electron chi connectivity index (χ3n) is 2.83. The highest BCUT2D eigenvalue weighted by Crippen LogP contribution is 2.29. The van der Waals surface area contributed by atoms with Gasteiger partial charge in [0.15, 0.2) is 0 Å². The molecule has 1 saturated carbocycles. The first kappa shape index (κ1) is 10.5. The molecule has 0 radical (unpaired) electrons. The Kier molecular flexibility index (Phi) is 3.27. The summed E-state index contributed by atoms with van der Waals surface area (Å²) in [6, 6.07) is 7.76. The molecule has 1 atom stereocenters. The molecule has 1 aromatic carbocycles. The predicted octanol–water partition coefficient (Wildman–Crippen LogP) is 2.92. The fraction of sp³-hybridized carbons (Fsp3) is 0.538. The third kappa shape index (κ3) is 2.96. The summed E-state index contributed by atoms with van der Waals surface area (Å²) in [6.45, 7) is 2.82. The lowest BCUT2D eigenvalue weighted by atomic mass is 10.1. The molecule has 2 nitrogen and oxygen atoms in total. The number of rotatable bonds is 5. The highest BCUT2D eigenvalue weighted by Gasteiger charge is 2.21. The number of hydrogen-bond acceptors (Lipinski definition) is 2. The lowest BCUT2D eigenvalue weighted by Crippen LogP contribution is -1.99. The van der Waals surface area contributed by atoms with Gasteiger partial charge >= 0.3 is 0 Å². The molecular weight excluding hydrogens is 188 g/mol. The molecule has 0 unspecified atom stereocenters. The van der Waals surface area contributed by atoms with Crippen molar-refractivity contribution in [3.05, 3.63) is 29.8 Å². The van der Waals surface area contributed by atoms with Crippen LogP contribution in [0.2, 0.25) is 0 Å². The normalized spacial score (nSPS) is 17.5. The van der Waals surface area contributed by atoms with Crippen molar-refractivity contribution in [1.29, 1.82) is 0 Å². The van der Waals surface area contributed by atoms with E-state index in [0.717, 1.165) is 30.3 Å². The first-order valence-corrected chi connectivity index (χ1v) is 5.70. The van der Waals surface area contributed by atoms with Gasteiger partial charge in [0.2, 0.25) is 0 Å². The van der Waals surface area contributed by atoms with E-state index in [4.69, 9.17) is 4.74 Å². The van der Waals surface area contributed by atoms with Gasteiger partial charge in [-0.15, -0.1) is 0 Å². The molecule has 82 valence electrons. The van der Waals surface area contributed by atoms with Crippen LogP contribution in [0.3, 0.4) is 0 Å². The molecule has 1 fully saturated rings. The van der Waals surface area contributed by atoms with Crippen LogP contribution in [0.5, 0.6) is 5.75 Å². The van der Waals surface area contributed by atoms with Crippen LogP contribution in [-0.2, 0) is 0 Å². The zero-order valence-corrected chi connectivity index (χ0v) is 9.15. The second-order valence-electron chi connectivity index (χ2n) is 4.25. The average Bonchev–Trinajstić information content (AvgIpc) is 3.10. The molecule has 0 heterocycles. The Balaban J connectivity index is 1.90. The van der Waals surface area contributed by atoms with Crippen LogP contribution in [-0.4, -0.2) is 11.7 Å². The maximum absolute atomic E-state index is 9.61. The zero-order chi connectivity index (χ0) is 10.7. The van der Waals surface area contributed by atoms with Crippen molar-refractivity contribution in [2.45, 2.75) is 32.3 Å². The molecule has 0 saturated heterocycles. The van der Waals surface area contributed by atoms with Gasteiger partial charge in [-0.05, 0) is 42.9 Å². The molecule has 2 rings (SSSR count). The molecule has 0 aromatic heterocycles. The zero-order valence-electron chi connectivity index (χ0n) is 9.15. The van der Waals surface area contributed by atoms with E-state index >= 15 is 0 Å². The van der Waals surface area contributed by atoms with E-state index < -0.39 is 0 Å².